The van der Waals surface area contributed by atoms with Gasteiger partial charge in [-0.05, 0) is 34.5 Å². The van der Waals surface area contributed by atoms with Crippen molar-refractivity contribution < 1.29 is 13.6 Å². The van der Waals surface area contributed by atoms with Crippen molar-refractivity contribution in [3.8, 4) is 0 Å². The first-order valence-corrected chi connectivity index (χ1v) is 4.98. The van der Waals surface area contributed by atoms with Gasteiger partial charge in [-0.15, -0.1) is 0 Å². The van der Waals surface area contributed by atoms with Gasteiger partial charge in [0.1, 0.15) is 0 Å². The molecule has 0 unspecified atom stereocenters. The molecular weight excluding hydrogens is 234 g/mol. The number of carbonyl (C=O) groups is 1. The van der Waals surface area contributed by atoms with Crippen molar-refractivity contribution in [2.45, 2.75) is 6.43 Å². The van der Waals surface area contributed by atoms with Crippen LogP contribution in [0.4, 0.5) is 8.78 Å². The van der Waals surface area contributed by atoms with E-state index in [-0.39, 0.29) is 5.56 Å². The molecule has 1 nitrogen and oxygen atoms in total. The summed E-state index contributed by atoms with van der Waals surface area (Å²) in [6.45, 7) is 0. The van der Waals surface area contributed by atoms with E-state index in [4.69, 9.17) is 11.6 Å². The molecule has 0 bridgehead atoms. The Labute approximate surface area is 95.6 Å². The molecule has 82 valence electrons. The highest BCUT2D eigenvalue weighted by molar-refractivity contribution is 6.67. The fourth-order valence-corrected chi connectivity index (χ4v) is 1.74. The summed E-state index contributed by atoms with van der Waals surface area (Å²) in [5.41, 5.74) is 0.270. The van der Waals surface area contributed by atoms with Gasteiger partial charge in [0, 0.05) is 11.1 Å². The van der Waals surface area contributed by atoms with Gasteiger partial charge in [0.15, 0.2) is 0 Å². The predicted octanol–water partition coefficient (Wildman–Crippen LogP) is 4.16. The first kappa shape index (κ1) is 11.0. The Hall–Kier alpha value is -1.48. The van der Waals surface area contributed by atoms with Gasteiger partial charge in [0.2, 0.25) is 0 Å². The molecule has 0 aliphatic heterocycles. The number of alkyl halides is 2. The topological polar surface area (TPSA) is 17.1 Å². The van der Waals surface area contributed by atoms with E-state index >= 15 is 0 Å². The third-order valence-electron chi connectivity index (χ3n) is 2.38. The molecule has 16 heavy (non-hydrogen) atoms. The summed E-state index contributed by atoms with van der Waals surface area (Å²) in [6, 6.07) is 9.03. The van der Waals surface area contributed by atoms with Crippen LogP contribution in [0.1, 0.15) is 22.3 Å². The fourth-order valence-electron chi connectivity index (χ4n) is 1.62. The molecule has 2 aromatic rings. The minimum atomic E-state index is -2.53. The van der Waals surface area contributed by atoms with E-state index in [0.717, 1.165) is 0 Å². The van der Waals surface area contributed by atoms with E-state index in [1.54, 1.807) is 6.07 Å². The van der Waals surface area contributed by atoms with Crippen LogP contribution in [0.5, 0.6) is 0 Å². The van der Waals surface area contributed by atoms with E-state index in [2.05, 4.69) is 0 Å². The van der Waals surface area contributed by atoms with Crippen molar-refractivity contribution in [1.29, 1.82) is 0 Å². The number of hydrogen-bond donors (Lipinski definition) is 0. The molecule has 0 aliphatic rings. The second-order valence-corrected chi connectivity index (χ2v) is 3.70. The highest BCUT2D eigenvalue weighted by Gasteiger charge is 2.11. The SMILES string of the molecule is O=C(Cl)c1ccc2c(C(F)F)cccc2c1. The molecule has 2 aromatic carbocycles. The maximum atomic E-state index is 12.7. The molecule has 0 aromatic heterocycles. The van der Waals surface area contributed by atoms with Gasteiger partial charge in [0.25, 0.3) is 11.7 Å². The predicted molar refractivity (Wildman–Crippen MR) is 59.1 cm³/mol. The molecule has 0 N–H and O–H groups in total. The normalized spacial score (nSPS) is 11.0. The first-order chi connectivity index (χ1) is 7.59. The summed E-state index contributed by atoms with van der Waals surface area (Å²) < 4.78 is 25.3. The van der Waals surface area contributed by atoms with Gasteiger partial charge in [0.05, 0.1) is 0 Å². The van der Waals surface area contributed by atoms with Gasteiger partial charge in [-0.2, -0.15) is 0 Å². The molecule has 2 rings (SSSR count). The zero-order chi connectivity index (χ0) is 11.7. The van der Waals surface area contributed by atoms with Crippen LogP contribution in [0.15, 0.2) is 36.4 Å². The monoisotopic (exact) mass is 240 g/mol. The Kier molecular flexibility index (Phi) is 2.88. The molecule has 0 fully saturated rings. The van der Waals surface area contributed by atoms with E-state index in [9.17, 15) is 13.6 Å². The summed E-state index contributed by atoms with van der Waals surface area (Å²) in [7, 11) is 0. The van der Waals surface area contributed by atoms with Gasteiger partial charge < -0.3 is 0 Å². The van der Waals surface area contributed by atoms with E-state index in [1.807, 2.05) is 0 Å². The Bertz CT molecular complexity index is 552. The van der Waals surface area contributed by atoms with Crippen LogP contribution in [0.2, 0.25) is 0 Å². The number of benzene rings is 2. The summed E-state index contributed by atoms with van der Waals surface area (Å²) in [6.07, 6.45) is -2.53. The average molecular weight is 241 g/mol. The molecule has 0 saturated heterocycles. The Balaban J connectivity index is 2.68. The minimum Gasteiger partial charge on any atom is -0.276 e. The number of rotatable bonds is 2. The van der Waals surface area contributed by atoms with Crippen LogP contribution in [0.3, 0.4) is 0 Å². The van der Waals surface area contributed by atoms with Gasteiger partial charge >= 0.3 is 0 Å². The summed E-state index contributed by atoms with van der Waals surface area (Å²) >= 11 is 5.32. The highest BCUT2D eigenvalue weighted by atomic mass is 35.5. The lowest BCUT2D eigenvalue weighted by atomic mass is 10.0. The number of carbonyl (C=O) groups excluding carboxylic acids is 1. The van der Waals surface area contributed by atoms with Crippen LogP contribution in [-0.4, -0.2) is 5.24 Å². The van der Waals surface area contributed by atoms with Crippen LogP contribution >= 0.6 is 11.6 Å². The minimum absolute atomic E-state index is 0.0360. The number of hydrogen-bond acceptors (Lipinski definition) is 1. The lowest BCUT2D eigenvalue weighted by Crippen LogP contribution is -1.91. The van der Waals surface area contributed by atoms with Crippen LogP contribution in [-0.2, 0) is 0 Å². The number of halogens is 3. The van der Waals surface area contributed by atoms with Crippen molar-refractivity contribution in [3.63, 3.8) is 0 Å². The lowest BCUT2D eigenvalue weighted by molar-refractivity contribution is 0.108. The molecule has 0 spiro atoms. The summed E-state index contributed by atoms with van der Waals surface area (Å²) in [5.74, 6) is 0. The maximum Gasteiger partial charge on any atom is 0.264 e. The molecule has 4 heteroatoms. The molecular formula is C12H7ClF2O. The van der Waals surface area contributed by atoms with Gasteiger partial charge in [-0.1, -0.05) is 24.3 Å². The Morgan fingerprint density at radius 2 is 1.94 bits per heavy atom. The molecule has 0 aliphatic carbocycles. The van der Waals surface area contributed by atoms with Crippen LogP contribution in [0, 0.1) is 0 Å². The second-order valence-electron chi connectivity index (χ2n) is 3.36. The molecule has 0 heterocycles. The zero-order valence-electron chi connectivity index (χ0n) is 8.08. The lowest BCUT2D eigenvalue weighted by Gasteiger charge is -2.06. The van der Waals surface area contributed by atoms with Crippen molar-refractivity contribution in [2.75, 3.05) is 0 Å². The van der Waals surface area contributed by atoms with E-state index in [1.165, 1.54) is 30.3 Å². The smallest absolute Gasteiger partial charge is 0.264 e. The molecule has 0 radical (unpaired) electrons. The molecule has 0 amide bonds. The zero-order valence-corrected chi connectivity index (χ0v) is 8.84. The standard InChI is InChI=1S/C12H7ClF2O/c13-11(16)8-4-5-9-7(6-8)2-1-3-10(9)12(14)15/h1-6,12H. The third kappa shape index (κ3) is 1.91. The van der Waals surface area contributed by atoms with Crippen molar-refractivity contribution in [3.05, 3.63) is 47.5 Å². The van der Waals surface area contributed by atoms with Crippen LogP contribution < -0.4 is 0 Å². The average Bonchev–Trinajstić information content (AvgIpc) is 2.27. The highest BCUT2D eigenvalue weighted by Crippen LogP contribution is 2.28. The second kappa shape index (κ2) is 4.18. The van der Waals surface area contributed by atoms with Gasteiger partial charge in [-0.3, -0.25) is 4.79 Å². The first-order valence-electron chi connectivity index (χ1n) is 4.60. The maximum absolute atomic E-state index is 12.7. The Morgan fingerprint density at radius 3 is 2.56 bits per heavy atom. The summed E-state index contributed by atoms with van der Waals surface area (Å²) in [5, 5.41) is 0.438. The van der Waals surface area contributed by atoms with E-state index < -0.39 is 11.7 Å². The molecule has 0 saturated carbocycles. The number of fused-ring (bicyclic) bond motifs is 1. The largest absolute Gasteiger partial charge is 0.276 e. The van der Waals surface area contributed by atoms with Gasteiger partial charge in [-0.25, -0.2) is 8.78 Å². The fraction of sp³-hybridized carbons (Fsp3) is 0.0833. The third-order valence-corrected chi connectivity index (χ3v) is 2.59. The Morgan fingerprint density at radius 1 is 1.19 bits per heavy atom. The van der Waals surface area contributed by atoms with Crippen LogP contribution in [0.25, 0.3) is 10.8 Å². The molecule has 0 atom stereocenters. The van der Waals surface area contributed by atoms with E-state index in [0.29, 0.717) is 16.3 Å². The van der Waals surface area contributed by atoms with Crippen molar-refractivity contribution in [2.24, 2.45) is 0 Å². The summed E-state index contributed by atoms with van der Waals surface area (Å²) in [4.78, 5) is 10.9. The van der Waals surface area contributed by atoms with Crippen molar-refractivity contribution >= 4 is 27.6 Å². The quantitative estimate of drug-likeness (QED) is 0.721. The van der Waals surface area contributed by atoms with Crippen molar-refractivity contribution in [1.82, 2.24) is 0 Å².